The first-order chi connectivity index (χ1) is 19.8. The summed E-state index contributed by atoms with van der Waals surface area (Å²) in [5, 5.41) is 0. The minimum Gasteiger partial charge on any atom is -0.495 e. The van der Waals surface area contributed by atoms with Crippen LogP contribution >= 0.6 is 0 Å². The van der Waals surface area contributed by atoms with Crippen molar-refractivity contribution in [2.75, 3.05) is 43.1 Å². The van der Waals surface area contributed by atoms with Gasteiger partial charge in [0.15, 0.2) is 0 Å². The lowest BCUT2D eigenvalue weighted by atomic mass is 10.1. The summed E-state index contributed by atoms with van der Waals surface area (Å²) >= 11 is 0. The van der Waals surface area contributed by atoms with E-state index in [1.807, 2.05) is 59.5 Å². The zero-order valence-corrected chi connectivity index (χ0v) is 23.1. The van der Waals surface area contributed by atoms with Crippen LogP contribution in [0.5, 0.6) is 5.75 Å². The molecule has 5 rings (SSSR count). The highest BCUT2D eigenvalue weighted by molar-refractivity contribution is 5.60. The third-order valence-electron chi connectivity index (χ3n) is 7.66. The molecule has 1 aliphatic heterocycles. The Balaban J connectivity index is 1.55. The highest BCUT2D eigenvalue weighted by atomic mass is 19.1. The smallest absolute Gasteiger partial charge is 0.331 e. The average molecular weight is 562 g/mol. The summed E-state index contributed by atoms with van der Waals surface area (Å²) in [5.74, 6) is -0.765. The lowest BCUT2D eigenvalue weighted by Crippen LogP contribution is -2.52. The average Bonchev–Trinajstić information content (AvgIpc) is 2.99. The topological polar surface area (TPSA) is 85.7 Å². The van der Waals surface area contributed by atoms with Gasteiger partial charge >= 0.3 is 5.69 Å². The molecule has 0 radical (unpaired) electrons. The largest absolute Gasteiger partial charge is 0.495 e. The molecule has 1 saturated heterocycles. The highest BCUT2D eigenvalue weighted by Crippen LogP contribution is 2.29. The Labute approximate surface area is 236 Å². The zero-order chi connectivity index (χ0) is 29.1. The number of hydrogen-bond donors (Lipinski definition) is 1. The Morgan fingerprint density at radius 3 is 2.10 bits per heavy atom. The van der Waals surface area contributed by atoms with E-state index < -0.39 is 28.9 Å². The molecule has 2 heterocycles. The van der Waals surface area contributed by atoms with Gasteiger partial charge in [-0.1, -0.05) is 48.5 Å². The van der Waals surface area contributed by atoms with E-state index in [-0.39, 0.29) is 18.7 Å². The van der Waals surface area contributed by atoms with Gasteiger partial charge in [-0.2, -0.15) is 0 Å². The number of hydrogen-bond acceptors (Lipinski definition) is 6. The number of nitrogens with two attached hydrogens (primary N) is 1. The predicted molar refractivity (Wildman–Crippen MR) is 156 cm³/mol. The Kier molecular flexibility index (Phi) is 8.21. The lowest BCUT2D eigenvalue weighted by molar-refractivity contribution is 0.413. The Morgan fingerprint density at radius 2 is 1.44 bits per heavy atom. The molecule has 214 valence electrons. The Hall–Kier alpha value is -4.44. The zero-order valence-electron chi connectivity index (χ0n) is 23.1. The van der Waals surface area contributed by atoms with Gasteiger partial charge in [0.05, 0.1) is 25.9 Å². The summed E-state index contributed by atoms with van der Waals surface area (Å²) < 4.78 is 37.2. The van der Waals surface area contributed by atoms with Crippen molar-refractivity contribution >= 4 is 11.4 Å². The van der Waals surface area contributed by atoms with Crippen molar-refractivity contribution in [2.45, 2.75) is 26.1 Å². The molecule has 1 fully saturated rings. The molecule has 0 aliphatic carbocycles. The maximum Gasteiger partial charge on any atom is 0.331 e. The number of piperazine rings is 1. The van der Waals surface area contributed by atoms with E-state index in [0.29, 0.717) is 37.6 Å². The molecule has 0 saturated carbocycles. The Morgan fingerprint density at radius 1 is 0.829 bits per heavy atom. The van der Waals surface area contributed by atoms with Crippen LogP contribution in [0.25, 0.3) is 0 Å². The van der Waals surface area contributed by atoms with E-state index in [1.165, 1.54) is 10.6 Å². The fourth-order valence-corrected chi connectivity index (χ4v) is 5.40. The minimum atomic E-state index is -0.762. The molecule has 0 bridgehead atoms. The predicted octanol–water partition coefficient (Wildman–Crippen LogP) is 3.68. The number of anilines is 2. The van der Waals surface area contributed by atoms with Crippen molar-refractivity contribution < 1.29 is 13.5 Å². The number of benzene rings is 3. The van der Waals surface area contributed by atoms with Gasteiger partial charge in [-0.15, -0.1) is 0 Å². The second-order valence-corrected chi connectivity index (χ2v) is 10.1. The van der Waals surface area contributed by atoms with E-state index in [1.54, 1.807) is 14.0 Å². The summed E-state index contributed by atoms with van der Waals surface area (Å²) in [7, 11) is 1.63. The molecule has 3 aromatic carbocycles. The number of ether oxygens (including phenoxy) is 1. The Bertz CT molecular complexity index is 1630. The van der Waals surface area contributed by atoms with E-state index in [4.69, 9.17) is 10.5 Å². The van der Waals surface area contributed by atoms with Gasteiger partial charge < -0.3 is 20.3 Å². The lowest BCUT2D eigenvalue weighted by Gasteiger charge is -2.38. The summed E-state index contributed by atoms with van der Waals surface area (Å²) in [5.41, 5.74) is 7.42. The first-order valence-corrected chi connectivity index (χ1v) is 13.5. The summed E-state index contributed by atoms with van der Waals surface area (Å²) in [6, 6.07) is 19.9. The van der Waals surface area contributed by atoms with Crippen LogP contribution in [0.3, 0.4) is 0 Å². The van der Waals surface area contributed by atoms with Crippen LogP contribution in [-0.2, 0) is 13.1 Å². The molecule has 8 nitrogen and oxygen atoms in total. The van der Waals surface area contributed by atoms with Crippen LogP contribution in [0, 0.1) is 18.6 Å². The molecular formula is C31H33F2N5O3. The van der Waals surface area contributed by atoms with Crippen molar-refractivity contribution in [1.29, 1.82) is 0 Å². The van der Waals surface area contributed by atoms with Crippen molar-refractivity contribution in [1.82, 2.24) is 9.13 Å². The molecule has 1 aliphatic rings. The van der Waals surface area contributed by atoms with E-state index >= 15 is 0 Å². The van der Waals surface area contributed by atoms with Gasteiger partial charge in [-0.3, -0.25) is 13.9 Å². The fourth-order valence-electron chi connectivity index (χ4n) is 5.40. The van der Waals surface area contributed by atoms with Crippen LogP contribution in [0.15, 0.2) is 82.4 Å². The number of aromatic nitrogens is 2. The number of methoxy groups -OCH3 is 1. The van der Waals surface area contributed by atoms with Crippen molar-refractivity contribution in [3.63, 3.8) is 0 Å². The van der Waals surface area contributed by atoms with Gasteiger partial charge in [0.2, 0.25) is 0 Å². The molecule has 1 unspecified atom stereocenters. The molecule has 10 heteroatoms. The number of para-hydroxylation sites is 2. The molecule has 41 heavy (non-hydrogen) atoms. The summed E-state index contributed by atoms with van der Waals surface area (Å²) in [6.07, 6.45) is 0. The third-order valence-corrected chi connectivity index (χ3v) is 7.66. The van der Waals surface area contributed by atoms with E-state index in [2.05, 4.69) is 4.90 Å². The standard InChI is InChI=1S/C31H33F2N5O3/c1-21-29(36-17-15-35(16-18-36)27-13-6-7-14-28(27)41-2)30(39)38(20-26(34)22-9-4-3-5-10-22)31(40)37(21)19-23-24(32)11-8-12-25(23)33/h3-14,26H,15-20,34H2,1-2H3. The first kappa shape index (κ1) is 28.1. The second-order valence-electron chi connectivity index (χ2n) is 10.1. The molecule has 4 aromatic rings. The minimum absolute atomic E-state index is 0.0874. The highest BCUT2D eigenvalue weighted by Gasteiger charge is 2.27. The van der Waals surface area contributed by atoms with Gasteiger partial charge in [-0.25, -0.2) is 13.6 Å². The van der Waals surface area contributed by atoms with Crippen LogP contribution in [0.2, 0.25) is 0 Å². The van der Waals surface area contributed by atoms with Crippen molar-refractivity contribution in [3.8, 4) is 5.75 Å². The SMILES string of the molecule is COc1ccccc1N1CCN(c2c(C)n(Cc3c(F)cccc3F)c(=O)n(CC(N)c3ccccc3)c2=O)CC1. The van der Waals surface area contributed by atoms with Crippen LogP contribution in [0.4, 0.5) is 20.2 Å². The van der Waals surface area contributed by atoms with Gasteiger partial charge in [0.1, 0.15) is 23.1 Å². The van der Waals surface area contributed by atoms with Crippen molar-refractivity contribution in [2.24, 2.45) is 5.73 Å². The molecule has 1 aromatic heterocycles. The van der Waals surface area contributed by atoms with Crippen LogP contribution in [-0.4, -0.2) is 42.4 Å². The maximum atomic E-state index is 14.7. The molecule has 0 amide bonds. The molecular weight excluding hydrogens is 528 g/mol. The number of rotatable bonds is 8. The van der Waals surface area contributed by atoms with E-state index in [9.17, 15) is 18.4 Å². The summed E-state index contributed by atoms with van der Waals surface area (Å²) in [4.78, 5) is 31.8. The normalized spacial score (nSPS) is 14.3. The van der Waals surface area contributed by atoms with Crippen LogP contribution < -0.4 is 31.5 Å². The number of nitrogens with zero attached hydrogens (tertiary/aromatic N) is 4. The first-order valence-electron chi connectivity index (χ1n) is 13.5. The van der Waals surface area contributed by atoms with Gasteiger partial charge in [0.25, 0.3) is 5.56 Å². The van der Waals surface area contributed by atoms with Gasteiger partial charge in [0, 0.05) is 43.5 Å². The quantitative estimate of drug-likeness (QED) is 0.353. The van der Waals surface area contributed by atoms with Crippen molar-refractivity contribution in [3.05, 3.63) is 122 Å². The molecule has 0 spiro atoms. The van der Waals surface area contributed by atoms with E-state index in [0.717, 1.165) is 33.7 Å². The third kappa shape index (κ3) is 5.60. The molecule has 1 atom stereocenters. The second kappa shape index (κ2) is 12.0. The monoisotopic (exact) mass is 561 g/mol. The molecule has 2 N–H and O–H groups in total. The fraction of sp³-hybridized carbons (Fsp3) is 0.290. The summed E-state index contributed by atoms with van der Waals surface area (Å²) in [6.45, 7) is 3.38. The van der Waals surface area contributed by atoms with Crippen LogP contribution in [0.1, 0.15) is 22.9 Å². The van der Waals surface area contributed by atoms with Gasteiger partial charge in [-0.05, 0) is 36.8 Å². The maximum absolute atomic E-state index is 14.7. The number of halogens is 2.